The molecule has 1 aliphatic rings. The topological polar surface area (TPSA) is 32.3 Å². The maximum Gasteiger partial charge on any atom is 0.0662 e. The summed E-state index contributed by atoms with van der Waals surface area (Å²) in [6, 6.07) is 8.71. The number of hydrogen-bond donors (Lipinski definition) is 2. The van der Waals surface area contributed by atoms with E-state index >= 15 is 0 Å². The molecule has 0 radical (unpaired) electrons. The lowest BCUT2D eigenvalue weighted by Gasteiger charge is -2.37. The molecule has 1 aromatic rings. The van der Waals surface area contributed by atoms with E-state index in [4.69, 9.17) is 11.6 Å². The highest BCUT2D eigenvalue weighted by molar-refractivity contribution is 6.30. The molecule has 0 saturated heterocycles. The van der Waals surface area contributed by atoms with Crippen molar-refractivity contribution >= 4 is 11.6 Å². The number of rotatable bonds is 5. The van der Waals surface area contributed by atoms with Crippen LogP contribution in [0.1, 0.15) is 37.7 Å². The van der Waals surface area contributed by atoms with Crippen LogP contribution >= 0.6 is 11.6 Å². The second kappa shape index (κ2) is 5.85. The van der Waals surface area contributed by atoms with Crippen molar-refractivity contribution in [1.82, 2.24) is 5.32 Å². The molecule has 94 valence electrons. The second-order valence-corrected chi connectivity index (χ2v) is 5.32. The lowest BCUT2D eigenvalue weighted by atomic mass is 9.76. The van der Waals surface area contributed by atoms with Crippen molar-refractivity contribution in [3.8, 4) is 0 Å². The zero-order valence-electron chi connectivity index (χ0n) is 10.2. The summed E-state index contributed by atoms with van der Waals surface area (Å²) in [4.78, 5) is 0. The van der Waals surface area contributed by atoms with E-state index in [-0.39, 0.29) is 6.10 Å². The molecule has 1 saturated carbocycles. The summed E-state index contributed by atoms with van der Waals surface area (Å²) in [7, 11) is 0. The van der Waals surface area contributed by atoms with Crippen LogP contribution in [-0.2, 0) is 0 Å². The maximum atomic E-state index is 9.46. The minimum absolute atomic E-state index is 0.204. The van der Waals surface area contributed by atoms with Gasteiger partial charge in [0.05, 0.1) is 6.10 Å². The average molecular weight is 254 g/mol. The monoisotopic (exact) mass is 253 g/mol. The van der Waals surface area contributed by atoms with Gasteiger partial charge in [0.25, 0.3) is 0 Å². The van der Waals surface area contributed by atoms with Gasteiger partial charge in [0.1, 0.15) is 0 Å². The fraction of sp³-hybridized carbons (Fsp3) is 0.571. The molecule has 1 atom stereocenters. The number of benzene rings is 1. The summed E-state index contributed by atoms with van der Waals surface area (Å²) >= 11 is 5.87. The molecule has 2 N–H and O–H groups in total. The molecule has 0 aliphatic heterocycles. The molecule has 0 aromatic heterocycles. The third-order valence-electron chi connectivity index (χ3n) is 3.59. The SMILES string of the molecule is CCC(O)CNC1CC(c2ccc(Cl)cc2)C1. The molecular weight excluding hydrogens is 234 g/mol. The first kappa shape index (κ1) is 12.9. The number of aliphatic hydroxyl groups excluding tert-OH is 1. The van der Waals surface area contributed by atoms with Crippen molar-refractivity contribution in [2.75, 3.05) is 6.54 Å². The summed E-state index contributed by atoms with van der Waals surface area (Å²) < 4.78 is 0. The van der Waals surface area contributed by atoms with Crippen LogP contribution in [0, 0.1) is 0 Å². The van der Waals surface area contributed by atoms with E-state index in [1.165, 1.54) is 5.56 Å². The van der Waals surface area contributed by atoms with Crippen LogP contribution in [0.25, 0.3) is 0 Å². The quantitative estimate of drug-likeness (QED) is 0.846. The summed E-state index contributed by atoms with van der Waals surface area (Å²) in [5.41, 5.74) is 1.38. The Hall–Kier alpha value is -0.570. The minimum Gasteiger partial charge on any atom is -0.392 e. The Labute approximate surface area is 108 Å². The van der Waals surface area contributed by atoms with E-state index in [0.717, 1.165) is 24.3 Å². The highest BCUT2D eigenvalue weighted by Gasteiger charge is 2.29. The molecule has 17 heavy (non-hydrogen) atoms. The van der Waals surface area contributed by atoms with E-state index in [0.29, 0.717) is 18.5 Å². The Morgan fingerprint density at radius 2 is 2.00 bits per heavy atom. The molecule has 0 bridgehead atoms. The first-order valence-electron chi connectivity index (χ1n) is 6.36. The van der Waals surface area contributed by atoms with Crippen LogP contribution in [0.4, 0.5) is 0 Å². The Morgan fingerprint density at radius 1 is 1.35 bits per heavy atom. The van der Waals surface area contributed by atoms with Crippen molar-refractivity contribution in [3.05, 3.63) is 34.9 Å². The van der Waals surface area contributed by atoms with Crippen LogP contribution in [0.5, 0.6) is 0 Å². The average Bonchev–Trinajstić information content (AvgIpc) is 2.29. The number of hydrogen-bond acceptors (Lipinski definition) is 2. The van der Waals surface area contributed by atoms with Gasteiger partial charge in [-0.25, -0.2) is 0 Å². The van der Waals surface area contributed by atoms with Gasteiger partial charge in [-0.2, -0.15) is 0 Å². The predicted octanol–water partition coefficient (Wildman–Crippen LogP) is 2.95. The molecule has 1 aliphatic carbocycles. The second-order valence-electron chi connectivity index (χ2n) is 4.89. The highest BCUT2D eigenvalue weighted by Crippen LogP contribution is 2.37. The minimum atomic E-state index is -0.204. The molecule has 2 nitrogen and oxygen atoms in total. The summed E-state index contributed by atoms with van der Waals surface area (Å²) in [6.45, 7) is 2.72. The number of aliphatic hydroxyl groups is 1. The summed E-state index contributed by atoms with van der Waals surface area (Å²) in [5, 5.41) is 13.7. The summed E-state index contributed by atoms with van der Waals surface area (Å²) in [6.07, 6.45) is 2.95. The third kappa shape index (κ3) is 3.44. The first-order chi connectivity index (χ1) is 8.19. The Kier molecular flexibility index (Phi) is 4.43. The number of nitrogens with one attached hydrogen (secondary N) is 1. The Balaban J connectivity index is 1.73. The van der Waals surface area contributed by atoms with Gasteiger partial charge in [-0.05, 0) is 42.9 Å². The van der Waals surface area contributed by atoms with Gasteiger partial charge in [-0.3, -0.25) is 0 Å². The third-order valence-corrected chi connectivity index (χ3v) is 3.84. The Bertz CT molecular complexity index is 346. The predicted molar refractivity (Wildman–Crippen MR) is 71.5 cm³/mol. The maximum absolute atomic E-state index is 9.46. The Morgan fingerprint density at radius 3 is 2.59 bits per heavy atom. The summed E-state index contributed by atoms with van der Waals surface area (Å²) in [5.74, 6) is 0.656. The lowest BCUT2D eigenvalue weighted by molar-refractivity contribution is 0.151. The zero-order valence-corrected chi connectivity index (χ0v) is 11.0. The normalized spacial score (nSPS) is 25.4. The van der Waals surface area contributed by atoms with Gasteiger partial charge in [0.2, 0.25) is 0 Å². The van der Waals surface area contributed by atoms with Gasteiger partial charge >= 0.3 is 0 Å². The van der Waals surface area contributed by atoms with Crippen molar-refractivity contribution in [2.45, 2.75) is 44.2 Å². The zero-order chi connectivity index (χ0) is 12.3. The molecule has 3 heteroatoms. The molecular formula is C14H20ClNO. The van der Waals surface area contributed by atoms with Gasteiger partial charge in [0, 0.05) is 17.6 Å². The molecule has 0 amide bonds. The van der Waals surface area contributed by atoms with Crippen LogP contribution in [0.3, 0.4) is 0 Å². The fourth-order valence-corrected chi connectivity index (χ4v) is 2.36. The van der Waals surface area contributed by atoms with Crippen LogP contribution in [0.2, 0.25) is 5.02 Å². The van der Waals surface area contributed by atoms with Crippen molar-refractivity contribution in [3.63, 3.8) is 0 Å². The first-order valence-corrected chi connectivity index (χ1v) is 6.73. The molecule has 1 fully saturated rings. The van der Waals surface area contributed by atoms with Crippen molar-refractivity contribution in [1.29, 1.82) is 0 Å². The van der Waals surface area contributed by atoms with Gasteiger partial charge in [-0.15, -0.1) is 0 Å². The van der Waals surface area contributed by atoms with E-state index in [9.17, 15) is 5.11 Å². The van der Waals surface area contributed by atoms with Gasteiger partial charge in [0.15, 0.2) is 0 Å². The standard InChI is InChI=1S/C14H20ClNO/c1-2-14(17)9-16-13-7-11(8-13)10-3-5-12(15)6-4-10/h3-6,11,13-14,16-17H,2,7-9H2,1H3. The molecule has 2 rings (SSSR count). The lowest BCUT2D eigenvalue weighted by Crippen LogP contribution is -2.43. The van der Waals surface area contributed by atoms with E-state index in [1.54, 1.807) is 0 Å². The van der Waals surface area contributed by atoms with E-state index < -0.39 is 0 Å². The van der Waals surface area contributed by atoms with Gasteiger partial charge in [-0.1, -0.05) is 30.7 Å². The van der Waals surface area contributed by atoms with Crippen molar-refractivity contribution in [2.24, 2.45) is 0 Å². The number of halogens is 1. The van der Waals surface area contributed by atoms with Crippen LogP contribution < -0.4 is 5.32 Å². The molecule has 0 heterocycles. The molecule has 1 unspecified atom stereocenters. The fourth-order valence-electron chi connectivity index (χ4n) is 2.24. The van der Waals surface area contributed by atoms with Crippen LogP contribution in [-0.4, -0.2) is 23.8 Å². The molecule has 1 aromatic carbocycles. The van der Waals surface area contributed by atoms with E-state index in [2.05, 4.69) is 17.4 Å². The highest BCUT2D eigenvalue weighted by atomic mass is 35.5. The van der Waals surface area contributed by atoms with Gasteiger partial charge < -0.3 is 10.4 Å². The van der Waals surface area contributed by atoms with Crippen LogP contribution in [0.15, 0.2) is 24.3 Å². The molecule has 0 spiro atoms. The van der Waals surface area contributed by atoms with Crippen molar-refractivity contribution < 1.29 is 5.11 Å². The smallest absolute Gasteiger partial charge is 0.0662 e. The van der Waals surface area contributed by atoms with E-state index in [1.807, 2.05) is 19.1 Å². The largest absolute Gasteiger partial charge is 0.392 e.